The van der Waals surface area contributed by atoms with Gasteiger partial charge in [-0.15, -0.1) is 0 Å². The molecule has 2 unspecified atom stereocenters. The summed E-state index contributed by atoms with van der Waals surface area (Å²) in [5.74, 6) is 1.79. The molecule has 0 spiro atoms. The zero-order valence-electron chi connectivity index (χ0n) is 10.1. The second-order valence-corrected chi connectivity index (χ2v) is 5.57. The molecule has 2 fully saturated rings. The van der Waals surface area contributed by atoms with Gasteiger partial charge in [0.15, 0.2) is 0 Å². The van der Waals surface area contributed by atoms with Gasteiger partial charge in [0.2, 0.25) is 0 Å². The molecule has 1 aliphatic carbocycles. The van der Waals surface area contributed by atoms with Crippen molar-refractivity contribution in [3.63, 3.8) is 0 Å². The van der Waals surface area contributed by atoms with E-state index in [0.717, 1.165) is 18.4 Å². The summed E-state index contributed by atoms with van der Waals surface area (Å²) < 4.78 is 0. The van der Waals surface area contributed by atoms with Crippen LogP contribution in [0.4, 0.5) is 0 Å². The molecule has 2 nitrogen and oxygen atoms in total. The Morgan fingerprint density at radius 2 is 1.87 bits per heavy atom. The molecule has 1 aliphatic heterocycles. The van der Waals surface area contributed by atoms with Crippen LogP contribution < -0.4 is 5.73 Å². The first-order chi connectivity index (χ1) is 7.31. The Kier molecular flexibility index (Phi) is 4.04. The van der Waals surface area contributed by atoms with Gasteiger partial charge < -0.3 is 5.73 Å². The van der Waals surface area contributed by atoms with Gasteiger partial charge in [-0.25, -0.2) is 0 Å². The van der Waals surface area contributed by atoms with Crippen LogP contribution in [0.15, 0.2) is 0 Å². The van der Waals surface area contributed by atoms with E-state index in [-0.39, 0.29) is 0 Å². The van der Waals surface area contributed by atoms with Crippen molar-refractivity contribution in [3.05, 3.63) is 0 Å². The van der Waals surface area contributed by atoms with Crippen LogP contribution in [0.5, 0.6) is 0 Å². The van der Waals surface area contributed by atoms with E-state index in [9.17, 15) is 0 Å². The highest BCUT2D eigenvalue weighted by Crippen LogP contribution is 2.29. The van der Waals surface area contributed by atoms with Gasteiger partial charge in [0, 0.05) is 19.1 Å². The van der Waals surface area contributed by atoms with Crippen LogP contribution in [0.3, 0.4) is 0 Å². The summed E-state index contributed by atoms with van der Waals surface area (Å²) in [5.41, 5.74) is 5.92. The van der Waals surface area contributed by atoms with Crippen LogP contribution in [-0.4, -0.2) is 30.6 Å². The van der Waals surface area contributed by atoms with Crippen molar-refractivity contribution in [2.24, 2.45) is 17.6 Å². The topological polar surface area (TPSA) is 29.3 Å². The average Bonchev–Trinajstić information content (AvgIpc) is 2.71. The molecule has 2 atom stereocenters. The van der Waals surface area contributed by atoms with Crippen LogP contribution in [-0.2, 0) is 0 Å². The number of likely N-dealkylation sites (tertiary alicyclic amines) is 1. The SMILES string of the molecule is CC1CCCN(CC2CCCC2)C1CN. The molecule has 2 aliphatic rings. The summed E-state index contributed by atoms with van der Waals surface area (Å²) in [6, 6.07) is 0.666. The van der Waals surface area contributed by atoms with Crippen molar-refractivity contribution >= 4 is 0 Å². The molecule has 0 aromatic heterocycles. The van der Waals surface area contributed by atoms with Gasteiger partial charge in [-0.2, -0.15) is 0 Å². The minimum atomic E-state index is 0.666. The first kappa shape index (κ1) is 11.4. The first-order valence-corrected chi connectivity index (χ1v) is 6.75. The summed E-state index contributed by atoms with van der Waals surface area (Å²) >= 11 is 0. The van der Waals surface area contributed by atoms with Crippen LogP contribution in [0.25, 0.3) is 0 Å². The minimum absolute atomic E-state index is 0.666. The Bertz CT molecular complexity index is 187. The molecule has 1 saturated carbocycles. The van der Waals surface area contributed by atoms with Crippen molar-refractivity contribution in [3.8, 4) is 0 Å². The van der Waals surface area contributed by atoms with E-state index in [4.69, 9.17) is 5.73 Å². The lowest BCUT2D eigenvalue weighted by atomic mass is 9.90. The minimum Gasteiger partial charge on any atom is -0.329 e. The third kappa shape index (κ3) is 2.73. The first-order valence-electron chi connectivity index (χ1n) is 6.75. The fourth-order valence-corrected chi connectivity index (χ4v) is 3.47. The molecule has 88 valence electrons. The predicted octanol–water partition coefficient (Wildman–Crippen LogP) is 2.24. The maximum atomic E-state index is 5.92. The van der Waals surface area contributed by atoms with Crippen LogP contribution in [0.2, 0.25) is 0 Å². The largest absolute Gasteiger partial charge is 0.329 e. The van der Waals surface area contributed by atoms with Crippen LogP contribution in [0, 0.1) is 11.8 Å². The Morgan fingerprint density at radius 1 is 1.13 bits per heavy atom. The van der Waals surface area contributed by atoms with Gasteiger partial charge in [0.25, 0.3) is 0 Å². The summed E-state index contributed by atoms with van der Waals surface area (Å²) in [6.45, 7) is 5.85. The van der Waals surface area contributed by atoms with Crippen molar-refractivity contribution in [2.45, 2.75) is 51.5 Å². The standard InChI is InChI=1S/C13H26N2/c1-11-5-4-8-15(13(11)9-14)10-12-6-2-3-7-12/h11-13H,2-10,14H2,1H3. The van der Waals surface area contributed by atoms with E-state index in [1.54, 1.807) is 0 Å². The number of hydrogen-bond donors (Lipinski definition) is 1. The van der Waals surface area contributed by atoms with Crippen molar-refractivity contribution < 1.29 is 0 Å². The number of rotatable bonds is 3. The van der Waals surface area contributed by atoms with Crippen LogP contribution in [0.1, 0.15) is 45.4 Å². The molecule has 0 bridgehead atoms. The Balaban J connectivity index is 1.87. The zero-order valence-corrected chi connectivity index (χ0v) is 10.1. The lowest BCUT2D eigenvalue weighted by Gasteiger charge is -2.40. The van der Waals surface area contributed by atoms with Gasteiger partial charge >= 0.3 is 0 Å². The maximum absolute atomic E-state index is 5.92. The maximum Gasteiger partial charge on any atom is 0.0244 e. The Hall–Kier alpha value is -0.0800. The fraction of sp³-hybridized carbons (Fsp3) is 1.00. The fourth-order valence-electron chi connectivity index (χ4n) is 3.47. The van der Waals surface area contributed by atoms with E-state index in [1.807, 2.05) is 0 Å². The molecule has 2 N–H and O–H groups in total. The van der Waals surface area contributed by atoms with Crippen molar-refractivity contribution in [1.29, 1.82) is 0 Å². The summed E-state index contributed by atoms with van der Waals surface area (Å²) in [7, 11) is 0. The highest BCUT2D eigenvalue weighted by atomic mass is 15.2. The van der Waals surface area contributed by atoms with Crippen LogP contribution >= 0.6 is 0 Å². The summed E-state index contributed by atoms with van der Waals surface area (Å²) in [6.07, 6.45) is 8.60. The monoisotopic (exact) mass is 210 g/mol. The second kappa shape index (κ2) is 5.31. The van der Waals surface area contributed by atoms with Gasteiger partial charge in [0.05, 0.1) is 0 Å². The lowest BCUT2D eigenvalue weighted by molar-refractivity contribution is 0.0895. The smallest absolute Gasteiger partial charge is 0.0244 e. The molecule has 15 heavy (non-hydrogen) atoms. The highest BCUT2D eigenvalue weighted by molar-refractivity contribution is 4.84. The molecule has 0 radical (unpaired) electrons. The Morgan fingerprint density at radius 3 is 2.53 bits per heavy atom. The van der Waals surface area contributed by atoms with Gasteiger partial charge in [-0.05, 0) is 44.1 Å². The molecule has 0 aromatic carbocycles. The molecule has 1 saturated heterocycles. The third-order valence-electron chi connectivity index (χ3n) is 4.44. The molecule has 0 aromatic rings. The summed E-state index contributed by atoms with van der Waals surface area (Å²) in [5, 5.41) is 0. The van der Waals surface area contributed by atoms with E-state index >= 15 is 0 Å². The van der Waals surface area contributed by atoms with Crippen molar-refractivity contribution in [2.75, 3.05) is 19.6 Å². The lowest BCUT2D eigenvalue weighted by Crippen LogP contribution is -2.49. The predicted molar refractivity (Wildman–Crippen MR) is 64.8 cm³/mol. The average molecular weight is 210 g/mol. The number of hydrogen-bond acceptors (Lipinski definition) is 2. The quantitative estimate of drug-likeness (QED) is 0.774. The normalized spacial score (nSPS) is 34.8. The van der Waals surface area contributed by atoms with Gasteiger partial charge in [-0.3, -0.25) is 4.90 Å². The number of nitrogens with two attached hydrogens (primary N) is 1. The van der Waals surface area contributed by atoms with E-state index in [0.29, 0.717) is 6.04 Å². The van der Waals surface area contributed by atoms with Gasteiger partial charge in [0.1, 0.15) is 0 Å². The highest BCUT2D eigenvalue weighted by Gasteiger charge is 2.29. The Labute approximate surface area is 94.2 Å². The molecular weight excluding hydrogens is 184 g/mol. The van der Waals surface area contributed by atoms with E-state index in [2.05, 4.69) is 11.8 Å². The van der Waals surface area contributed by atoms with E-state index in [1.165, 1.54) is 51.6 Å². The molecule has 2 rings (SSSR count). The summed E-state index contributed by atoms with van der Waals surface area (Å²) in [4.78, 5) is 2.68. The van der Waals surface area contributed by atoms with Gasteiger partial charge in [-0.1, -0.05) is 19.8 Å². The molecule has 2 heteroatoms. The molecular formula is C13H26N2. The third-order valence-corrected chi connectivity index (χ3v) is 4.44. The molecule has 1 heterocycles. The number of piperidine rings is 1. The molecule has 0 amide bonds. The zero-order chi connectivity index (χ0) is 10.7. The van der Waals surface area contributed by atoms with E-state index < -0.39 is 0 Å². The number of nitrogens with zero attached hydrogens (tertiary/aromatic N) is 1. The van der Waals surface area contributed by atoms with Crippen molar-refractivity contribution in [1.82, 2.24) is 4.90 Å². The second-order valence-electron chi connectivity index (χ2n) is 5.57.